The third kappa shape index (κ3) is 4.93. The molecule has 0 aromatic heterocycles. The van der Waals surface area contributed by atoms with Crippen LogP contribution in [-0.4, -0.2) is 37.2 Å². The molecular weight excluding hydrogens is 248 g/mol. The number of aromatic hydroxyl groups is 1. The zero-order chi connectivity index (χ0) is 14.3. The van der Waals surface area contributed by atoms with Gasteiger partial charge in [-0.15, -0.1) is 0 Å². The number of benzene rings is 1. The maximum atomic E-state index is 11.7. The Morgan fingerprint density at radius 2 is 2.05 bits per heavy atom. The SMILES string of the molecule is COCCOC(=O)/C(=C/c1cccc(O)c1)C(C)=O. The van der Waals surface area contributed by atoms with Gasteiger partial charge >= 0.3 is 5.97 Å². The van der Waals surface area contributed by atoms with Gasteiger partial charge in [0.25, 0.3) is 0 Å². The number of carbonyl (C=O) groups is 2. The Hall–Kier alpha value is -2.14. The monoisotopic (exact) mass is 264 g/mol. The molecule has 19 heavy (non-hydrogen) atoms. The Labute approximate surface area is 111 Å². The molecule has 0 aliphatic heterocycles. The Morgan fingerprint density at radius 3 is 2.63 bits per heavy atom. The summed E-state index contributed by atoms with van der Waals surface area (Å²) in [6.45, 7) is 1.63. The van der Waals surface area contributed by atoms with Gasteiger partial charge in [0.05, 0.1) is 6.61 Å². The fraction of sp³-hybridized carbons (Fsp3) is 0.286. The number of hydrogen-bond donors (Lipinski definition) is 1. The van der Waals surface area contributed by atoms with Crippen LogP contribution in [0.1, 0.15) is 12.5 Å². The van der Waals surface area contributed by atoms with Crippen LogP contribution in [0.15, 0.2) is 29.8 Å². The van der Waals surface area contributed by atoms with E-state index >= 15 is 0 Å². The minimum atomic E-state index is -0.701. The van der Waals surface area contributed by atoms with E-state index in [4.69, 9.17) is 9.47 Å². The first-order chi connectivity index (χ1) is 9.04. The van der Waals surface area contributed by atoms with Gasteiger partial charge < -0.3 is 14.6 Å². The lowest BCUT2D eigenvalue weighted by molar-refractivity contribution is -0.141. The Morgan fingerprint density at radius 1 is 1.32 bits per heavy atom. The van der Waals surface area contributed by atoms with Crippen molar-refractivity contribution in [3.8, 4) is 5.75 Å². The number of esters is 1. The fourth-order valence-electron chi connectivity index (χ4n) is 1.38. The summed E-state index contributed by atoms with van der Waals surface area (Å²) in [6, 6.07) is 6.24. The Kier molecular flexibility index (Phi) is 5.75. The van der Waals surface area contributed by atoms with Crippen molar-refractivity contribution in [2.24, 2.45) is 0 Å². The number of ether oxygens (including phenoxy) is 2. The van der Waals surface area contributed by atoms with Gasteiger partial charge in [-0.1, -0.05) is 12.1 Å². The topological polar surface area (TPSA) is 72.8 Å². The van der Waals surface area contributed by atoms with E-state index in [1.54, 1.807) is 12.1 Å². The highest BCUT2D eigenvalue weighted by molar-refractivity contribution is 6.19. The molecule has 0 aliphatic rings. The number of rotatable bonds is 6. The number of methoxy groups -OCH3 is 1. The van der Waals surface area contributed by atoms with E-state index < -0.39 is 11.8 Å². The molecule has 0 bridgehead atoms. The lowest BCUT2D eigenvalue weighted by Crippen LogP contribution is -2.16. The summed E-state index contributed by atoms with van der Waals surface area (Å²) in [4.78, 5) is 23.2. The normalized spacial score (nSPS) is 11.2. The van der Waals surface area contributed by atoms with Crippen molar-refractivity contribution in [2.75, 3.05) is 20.3 Å². The maximum absolute atomic E-state index is 11.7. The van der Waals surface area contributed by atoms with E-state index in [1.807, 2.05) is 0 Å². The average molecular weight is 264 g/mol. The first-order valence-electron chi connectivity index (χ1n) is 5.72. The molecule has 0 heterocycles. The van der Waals surface area contributed by atoms with Gasteiger partial charge in [-0.25, -0.2) is 4.79 Å². The predicted octanol–water partition coefficient (Wildman–Crippen LogP) is 1.55. The molecule has 0 amide bonds. The van der Waals surface area contributed by atoms with Gasteiger partial charge in [-0.05, 0) is 30.7 Å². The minimum absolute atomic E-state index is 0.0596. The molecule has 1 aromatic rings. The van der Waals surface area contributed by atoms with Crippen LogP contribution in [-0.2, 0) is 19.1 Å². The zero-order valence-electron chi connectivity index (χ0n) is 10.9. The molecule has 5 nitrogen and oxygen atoms in total. The molecule has 1 rings (SSSR count). The molecule has 0 atom stereocenters. The highest BCUT2D eigenvalue weighted by atomic mass is 16.6. The molecule has 0 radical (unpaired) electrons. The second-order valence-corrected chi connectivity index (χ2v) is 3.84. The number of Topliss-reactive ketones (excluding diaryl/α,β-unsaturated/α-hetero) is 1. The first-order valence-corrected chi connectivity index (χ1v) is 5.72. The van der Waals surface area contributed by atoms with Gasteiger partial charge in [0.2, 0.25) is 0 Å². The van der Waals surface area contributed by atoms with Crippen LogP contribution in [0.4, 0.5) is 0 Å². The highest BCUT2D eigenvalue weighted by Gasteiger charge is 2.16. The molecular formula is C14H16O5. The Balaban J connectivity index is 2.88. The van der Waals surface area contributed by atoms with E-state index in [0.717, 1.165) is 0 Å². The quantitative estimate of drug-likeness (QED) is 0.277. The van der Waals surface area contributed by atoms with Gasteiger partial charge in [-0.2, -0.15) is 0 Å². The van der Waals surface area contributed by atoms with Crippen molar-refractivity contribution in [1.29, 1.82) is 0 Å². The van der Waals surface area contributed by atoms with E-state index in [2.05, 4.69) is 0 Å². The summed E-state index contributed by atoms with van der Waals surface area (Å²) in [7, 11) is 1.49. The summed E-state index contributed by atoms with van der Waals surface area (Å²) in [5.41, 5.74) is 0.482. The van der Waals surface area contributed by atoms with Crippen molar-refractivity contribution < 1.29 is 24.2 Å². The van der Waals surface area contributed by atoms with E-state index in [0.29, 0.717) is 5.56 Å². The molecule has 0 aliphatic carbocycles. The molecule has 0 spiro atoms. The van der Waals surface area contributed by atoms with Crippen LogP contribution in [0.2, 0.25) is 0 Å². The standard InChI is InChI=1S/C14H16O5/c1-10(15)13(14(17)19-7-6-18-2)9-11-4-3-5-12(16)8-11/h3-5,8-9,16H,6-7H2,1-2H3/b13-9+. The number of phenols is 1. The van der Waals surface area contributed by atoms with Crippen molar-refractivity contribution in [1.82, 2.24) is 0 Å². The van der Waals surface area contributed by atoms with Crippen molar-refractivity contribution in [2.45, 2.75) is 6.92 Å². The van der Waals surface area contributed by atoms with Crippen LogP contribution in [0, 0.1) is 0 Å². The van der Waals surface area contributed by atoms with Crippen LogP contribution in [0.25, 0.3) is 6.08 Å². The van der Waals surface area contributed by atoms with E-state index in [1.165, 1.54) is 32.2 Å². The molecule has 102 valence electrons. The third-order valence-corrected chi connectivity index (χ3v) is 2.30. The van der Waals surface area contributed by atoms with Crippen molar-refractivity contribution >= 4 is 17.8 Å². The second kappa shape index (κ2) is 7.33. The predicted molar refractivity (Wildman–Crippen MR) is 69.6 cm³/mol. The molecule has 5 heteroatoms. The molecule has 0 fully saturated rings. The lowest BCUT2D eigenvalue weighted by atomic mass is 10.1. The first kappa shape index (κ1) is 14.9. The van der Waals surface area contributed by atoms with Gasteiger partial charge in [0, 0.05) is 7.11 Å². The van der Waals surface area contributed by atoms with Crippen molar-refractivity contribution in [3.05, 3.63) is 35.4 Å². The van der Waals surface area contributed by atoms with Crippen LogP contribution in [0.3, 0.4) is 0 Å². The number of hydrogen-bond acceptors (Lipinski definition) is 5. The summed E-state index contributed by atoms with van der Waals surface area (Å²) in [5.74, 6) is -1.04. The van der Waals surface area contributed by atoms with Crippen LogP contribution in [0.5, 0.6) is 5.75 Å². The van der Waals surface area contributed by atoms with E-state index in [9.17, 15) is 14.7 Å². The van der Waals surface area contributed by atoms with Crippen molar-refractivity contribution in [3.63, 3.8) is 0 Å². The number of ketones is 1. The molecule has 0 saturated carbocycles. The van der Waals surface area contributed by atoms with Crippen LogP contribution >= 0.6 is 0 Å². The largest absolute Gasteiger partial charge is 0.508 e. The van der Waals surface area contributed by atoms with Gasteiger partial charge in [0.1, 0.15) is 17.9 Å². The smallest absolute Gasteiger partial charge is 0.341 e. The second-order valence-electron chi connectivity index (χ2n) is 3.84. The molecule has 1 N–H and O–H groups in total. The summed E-state index contributed by atoms with van der Waals surface area (Å²) >= 11 is 0. The summed E-state index contributed by atoms with van der Waals surface area (Å²) in [5, 5.41) is 9.33. The average Bonchev–Trinajstić information content (AvgIpc) is 2.36. The summed E-state index contributed by atoms with van der Waals surface area (Å²) in [6.07, 6.45) is 1.39. The Bertz CT molecular complexity index is 490. The third-order valence-electron chi connectivity index (χ3n) is 2.30. The zero-order valence-corrected chi connectivity index (χ0v) is 10.9. The van der Waals surface area contributed by atoms with Crippen LogP contribution < -0.4 is 0 Å². The summed E-state index contributed by atoms with van der Waals surface area (Å²) < 4.78 is 9.64. The fourth-order valence-corrected chi connectivity index (χ4v) is 1.38. The number of carbonyl (C=O) groups excluding carboxylic acids is 2. The number of phenolic OH excluding ortho intramolecular Hbond substituents is 1. The lowest BCUT2D eigenvalue weighted by Gasteiger charge is -2.05. The molecule has 0 saturated heterocycles. The van der Waals surface area contributed by atoms with E-state index in [-0.39, 0.29) is 24.5 Å². The molecule has 0 unspecified atom stereocenters. The minimum Gasteiger partial charge on any atom is -0.508 e. The van der Waals surface area contributed by atoms with Gasteiger partial charge in [-0.3, -0.25) is 4.79 Å². The van der Waals surface area contributed by atoms with Gasteiger partial charge in [0.15, 0.2) is 5.78 Å². The maximum Gasteiger partial charge on any atom is 0.341 e. The highest BCUT2D eigenvalue weighted by Crippen LogP contribution is 2.15. The molecule has 1 aromatic carbocycles.